The van der Waals surface area contributed by atoms with Crippen molar-refractivity contribution in [2.45, 2.75) is 89.3 Å². The number of alkyl halides is 3. The fourth-order valence-corrected chi connectivity index (χ4v) is 7.52. The third kappa shape index (κ3) is 9.18. The van der Waals surface area contributed by atoms with Gasteiger partial charge in [-0.3, -0.25) is 4.79 Å². The molecule has 1 saturated carbocycles. The molecule has 0 radical (unpaired) electrons. The summed E-state index contributed by atoms with van der Waals surface area (Å²) in [6, 6.07) is 28.3. The first-order chi connectivity index (χ1) is 22.8. The van der Waals surface area contributed by atoms with E-state index < -0.39 is 11.7 Å². The molecule has 4 aromatic carbocycles. The Morgan fingerprint density at radius 3 is 2.17 bits per heavy atom. The zero-order chi connectivity index (χ0) is 32.6. The number of anilines is 1. The van der Waals surface area contributed by atoms with Crippen LogP contribution >= 0.6 is 0 Å². The van der Waals surface area contributed by atoms with Crippen molar-refractivity contribution < 1.29 is 22.7 Å². The molecule has 2 unspecified atom stereocenters. The van der Waals surface area contributed by atoms with Gasteiger partial charge in [-0.25, -0.2) is 0 Å². The van der Waals surface area contributed by atoms with E-state index in [9.17, 15) is 18.0 Å². The smallest absolute Gasteiger partial charge is 0.416 e. The summed E-state index contributed by atoms with van der Waals surface area (Å²) in [7, 11) is 0. The number of piperidine rings is 1. The second kappa shape index (κ2) is 15.4. The molecule has 6 rings (SSSR count). The van der Waals surface area contributed by atoms with Crippen LogP contribution in [0.1, 0.15) is 92.1 Å². The molecule has 1 heterocycles. The minimum absolute atomic E-state index is 0.0478. The summed E-state index contributed by atoms with van der Waals surface area (Å²) in [5, 5.41) is 2.07. The van der Waals surface area contributed by atoms with Crippen molar-refractivity contribution in [1.82, 2.24) is 0 Å². The van der Waals surface area contributed by atoms with Gasteiger partial charge in [0, 0.05) is 43.6 Å². The minimum atomic E-state index is -4.32. The molecule has 6 heteroatoms. The molecule has 2 fully saturated rings. The Bertz CT molecular complexity index is 1590. The van der Waals surface area contributed by atoms with E-state index in [1.165, 1.54) is 50.5 Å². The van der Waals surface area contributed by atoms with E-state index in [1.807, 2.05) is 36.4 Å². The van der Waals surface area contributed by atoms with Crippen LogP contribution in [0.25, 0.3) is 10.8 Å². The highest BCUT2D eigenvalue weighted by Crippen LogP contribution is 2.33. The number of nitrogens with zero attached hydrogens (tertiary/aromatic N) is 1. The highest BCUT2D eigenvalue weighted by Gasteiger charge is 2.30. The van der Waals surface area contributed by atoms with Gasteiger partial charge < -0.3 is 9.64 Å². The number of carbonyl (C=O) groups excluding carboxylic acids is 1. The SMILES string of the molecule is O=C(CCCC1CCCCC(Cc2ccccc2)CC1)c1ccc2cc(OC3CCN(c4ccc(C(F)(F)F)cc4)CC3)ccc2c1. The van der Waals surface area contributed by atoms with Gasteiger partial charge >= 0.3 is 6.18 Å². The van der Waals surface area contributed by atoms with Crippen LogP contribution in [0.5, 0.6) is 5.75 Å². The Balaban J connectivity index is 0.951. The molecule has 1 saturated heterocycles. The first-order valence-corrected chi connectivity index (χ1v) is 17.5. The highest BCUT2D eigenvalue weighted by molar-refractivity contribution is 6.00. The summed E-state index contributed by atoms with van der Waals surface area (Å²) in [6.07, 6.45) is 9.04. The van der Waals surface area contributed by atoms with Crippen LogP contribution in [0.3, 0.4) is 0 Å². The maximum Gasteiger partial charge on any atom is 0.416 e. The average Bonchev–Trinajstić information content (AvgIpc) is 3.07. The number of ether oxygens (including phenoxy) is 1. The molecule has 2 atom stereocenters. The number of halogens is 3. The van der Waals surface area contributed by atoms with Crippen molar-refractivity contribution in [2.75, 3.05) is 18.0 Å². The molecular formula is C41H46F3NO2. The lowest BCUT2D eigenvalue weighted by Gasteiger charge is -2.34. The third-order valence-electron chi connectivity index (χ3n) is 10.3. The summed E-state index contributed by atoms with van der Waals surface area (Å²) in [4.78, 5) is 15.3. The summed E-state index contributed by atoms with van der Waals surface area (Å²) in [5.74, 6) is 2.53. The van der Waals surface area contributed by atoms with Gasteiger partial charge in [0.15, 0.2) is 5.78 Å². The highest BCUT2D eigenvalue weighted by atomic mass is 19.4. The largest absolute Gasteiger partial charge is 0.490 e. The Kier molecular flexibility index (Phi) is 10.9. The van der Waals surface area contributed by atoms with Gasteiger partial charge in [-0.15, -0.1) is 0 Å². The molecule has 0 bridgehead atoms. The molecule has 0 aromatic heterocycles. The van der Waals surface area contributed by atoms with Crippen molar-refractivity contribution in [2.24, 2.45) is 11.8 Å². The summed E-state index contributed by atoms with van der Waals surface area (Å²) >= 11 is 0. The lowest BCUT2D eigenvalue weighted by molar-refractivity contribution is -0.137. The molecule has 248 valence electrons. The van der Waals surface area contributed by atoms with Crippen molar-refractivity contribution in [3.05, 3.63) is 108 Å². The topological polar surface area (TPSA) is 29.5 Å². The quantitative estimate of drug-likeness (QED) is 0.161. The lowest BCUT2D eigenvalue weighted by atomic mass is 9.81. The van der Waals surface area contributed by atoms with Gasteiger partial charge in [0.25, 0.3) is 0 Å². The fourth-order valence-electron chi connectivity index (χ4n) is 7.52. The van der Waals surface area contributed by atoms with Gasteiger partial charge in [-0.05, 0) is 89.9 Å². The normalized spacial score (nSPS) is 19.7. The second-order valence-corrected chi connectivity index (χ2v) is 13.7. The van der Waals surface area contributed by atoms with Crippen LogP contribution in [-0.4, -0.2) is 25.0 Å². The zero-order valence-electron chi connectivity index (χ0n) is 27.2. The number of hydrogen-bond acceptors (Lipinski definition) is 3. The van der Waals surface area contributed by atoms with Crippen LogP contribution in [0, 0.1) is 11.8 Å². The Hall–Kier alpha value is -3.80. The number of hydrogen-bond donors (Lipinski definition) is 0. The summed E-state index contributed by atoms with van der Waals surface area (Å²) < 4.78 is 45.0. The van der Waals surface area contributed by atoms with Gasteiger partial charge in [0.2, 0.25) is 0 Å². The van der Waals surface area contributed by atoms with Gasteiger partial charge in [-0.1, -0.05) is 87.1 Å². The van der Waals surface area contributed by atoms with Crippen molar-refractivity contribution >= 4 is 22.2 Å². The predicted octanol–water partition coefficient (Wildman–Crippen LogP) is 11.1. The van der Waals surface area contributed by atoms with Crippen LogP contribution in [0.15, 0.2) is 91.0 Å². The maximum absolute atomic E-state index is 13.1. The van der Waals surface area contributed by atoms with E-state index in [1.54, 1.807) is 12.1 Å². The second-order valence-electron chi connectivity index (χ2n) is 13.7. The van der Waals surface area contributed by atoms with E-state index >= 15 is 0 Å². The number of Topliss-reactive ketones (excluding diaryl/α,β-unsaturated/α-hetero) is 1. The monoisotopic (exact) mass is 641 g/mol. The standard InChI is InChI=1S/C41H46F3NO2/c42-41(43,44)36-18-20-37(21-19-36)45-25-23-38(24-26-45)47-39-22-17-33-28-35(16-15-34(33)29-39)40(46)12-6-11-30-7-4-5-10-32(14-13-30)27-31-8-2-1-3-9-31/h1-3,8-9,15-22,28-30,32,38H,4-7,10-14,23-27H2. The van der Waals surface area contributed by atoms with E-state index in [4.69, 9.17) is 4.74 Å². The average molecular weight is 642 g/mol. The Morgan fingerprint density at radius 1 is 0.745 bits per heavy atom. The van der Waals surface area contributed by atoms with Crippen LogP contribution in [0.2, 0.25) is 0 Å². The molecule has 4 aromatic rings. The summed E-state index contributed by atoms with van der Waals surface area (Å²) in [5.41, 5.74) is 2.42. The van der Waals surface area contributed by atoms with Gasteiger partial charge in [-0.2, -0.15) is 13.2 Å². The van der Waals surface area contributed by atoms with Crippen molar-refractivity contribution in [1.29, 1.82) is 0 Å². The lowest BCUT2D eigenvalue weighted by Crippen LogP contribution is -2.38. The minimum Gasteiger partial charge on any atom is -0.490 e. The molecule has 1 aliphatic heterocycles. The van der Waals surface area contributed by atoms with Crippen LogP contribution in [-0.2, 0) is 12.6 Å². The number of ketones is 1. The Morgan fingerprint density at radius 2 is 1.43 bits per heavy atom. The number of fused-ring (bicyclic) bond motifs is 1. The van der Waals surface area contributed by atoms with E-state index in [2.05, 4.69) is 35.2 Å². The van der Waals surface area contributed by atoms with Gasteiger partial charge in [0.1, 0.15) is 11.9 Å². The molecule has 0 amide bonds. The maximum atomic E-state index is 13.1. The third-order valence-corrected chi connectivity index (χ3v) is 10.3. The van der Waals surface area contributed by atoms with Crippen molar-refractivity contribution in [3.8, 4) is 5.75 Å². The molecule has 1 aliphatic carbocycles. The first kappa shape index (κ1) is 33.1. The molecule has 0 N–H and O–H groups in total. The molecular weight excluding hydrogens is 595 g/mol. The van der Waals surface area contributed by atoms with Crippen LogP contribution < -0.4 is 9.64 Å². The predicted molar refractivity (Wildman–Crippen MR) is 184 cm³/mol. The van der Waals surface area contributed by atoms with E-state index in [0.29, 0.717) is 6.42 Å². The zero-order valence-corrected chi connectivity index (χ0v) is 27.2. The first-order valence-electron chi connectivity index (χ1n) is 17.5. The van der Waals surface area contributed by atoms with Gasteiger partial charge in [0.05, 0.1) is 5.56 Å². The van der Waals surface area contributed by atoms with E-state index in [-0.39, 0.29) is 11.9 Å². The molecule has 3 nitrogen and oxygen atoms in total. The van der Waals surface area contributed by atoms with Crippen molar-refractivity contribution in [3.63, 3.8) is 0 Å². The molecule has 2 aliphatic rings. The molecule has 0 spiro atoms. The van der Waals surface area contributed by atoms with E-state index in [0.717, 1.165) is 90.5 Å². The number of rotatable bonds is 10. The number of carbonyl (C=O) groups is 1. The summed E-state index contributed by atoms with van der Waals surface area (Å²) in [6.45, 7) is 1.45. The molecule has 47 heavy (non-hydrogen) atoms. The number of benzene rings is 4. The fraction of sp³-hybridized carbons (Fsp3) is 0.439. The van der Waals surface area contributed by atoms with Crippen LogP contribution in [0.4, 0.5) is 18.9 Å². The Labute approximate surface area is 277 Å².